The van der Waals surface area contributed by atoms with Gasteiger partial charge < -0.3 is 0 Å². The van der Waals surface area contributed by atoms with Gasteiger partial charge in [-0.05, 0) is 30.2 Å². The van der Waals surface area contributed by atoms with Gasteiger partial charge in [0.25, 0.3) is 10.0 Å². The summed E-state index contributed by atoms with van der Waals surface area (Å²) in [6.45, 7) is 1.69. The predicted molar refractivity (Wildman–Crippen MR) is 91.0 cm³/mol. The van der Waals surface area contributed by atoms with Crippen LogP contribution in [0.25, 0.3) is 0 Å². The van der Waals surface area contributed by atoms with E-state index in [0.29, 0.717) is 18.1 Å². The first-order valence-electron chi connectivity index (χ1n) is 7.83. The number of alkyl halides is 3. The third-order valence-corrected chi connectivity index (χ3v) is 5.23. The van der Waals surface area contributed by atoms with Crippen LogP contribution in [0, 0.1) is 11.3 Å². The predicted octanol–water partition coefficient (Wildman–Crippen LogP) is 3.58. The molecule has 0 aliphatic rings. The molecule has 1 atom stereocenters. The van der Waals surface area contributed by atoms with Gasteiger partial charge in [-0.25, -0.2) is 13.1 Å². The van der Waals surface area contributed by atoms with Crippen molar-refractivity contribution >= 4 is 15.9 Å². The SMILES string of the molecule is CCC(C(=O)NS(=O)(=O)c1ccc(C#N)c(C(F)(F)F)c1)c1ccccc1. The Balaban J connectivity index is 2.36. The zero-order valence-corrected chi connectivity index (χ0v) is 14.9. The van der Waals surface area contributed by atoms with Gasteiger partial charge in [0.1, 0.15) is 0 Å². The molecule has 2 rings (SSSR count). The molecule has 0 radical (unpaired) electrons. The average Bonchev–Trinajstić information content (AvgIpc) is 2.61. The highest BCUT2D eigenvalue weighted by atomic mass is 32.2. The van der Waals surface area contributed by atoms with Gasteiger partial charge in [0.15, 0.2) is 0 Å². The van der Waals surface area contributed by atoms with Gasteiger partial charge in [-0.15, -0.1) is 0 Å². The van der Waals surface area contributed by atoms with E-state index in [1.165, 1.54) is 6.07 Å². The van der Waals surface area contributed by atoms with Gasteiger partial charge in [0.2, 0.25) is 5.91 Å². The summed E-state index contributed by atoms with van der Waals surface area (Å²) in [4.78, 5) is 11.7. The summed E-state index contributed by atoms with van der Waals surface area (Å²) in [5, 5.41) is 8.78. The molecule has 142 valence electrons. The molecule has 0 aromatic heterocycles. The van der Waals surface area contributed by atoms with E-state index >= 15 is 0 Å². The summed E-state index contributed by atoms with van der Waals surface area (Å²) in [6, 6.07) is 11.8. The molecule has 0 saturated carbocycles. The van der Waals surface area contributed by atoms with Crippen LogP contribution in [0.2, 0.25) is 0 Å². The number of carbonyl (C=O) groups is 1. The zero-order chi connectivity index (χ0) is 20.2. The second-order valence-electron chi connectivity index (χ2n) is 5.66. The van der Waals surface area contributed by atoms with E-state index in [1.807, 2.05) is 4.72 Å². The van der Waals surface area contributed by atoms with Crippen molar-refractivity contribution in [2.45, 2.75) is 30.3 Å². The number of hydrogen-bond acceptors (Lipinski definition) is 4. The maximum Gasteiger partial charge on any atom is 0.417 e. The average molecular weight is 396 g/mol. The number of amides is 1. The van der Waals surface area contributed by atoms with Crippen molar-refractivity contribution < 1.29 is 26.4 Å². The van der Waals surface area contributed by atoms with Gasteiger partial charge in [-0.3, -0.25) is 4.79 Å². The van der Waals surface area contributed by atoms with Crippen molar-refractivity contribution in [2.75, 3.05) is 0 Å². The molecule has 0 aliphatic carbocycles. The molecule has 0 spiro atoms. The minimum Gasteiger partial charge on any atom is -0.273 e. The number of nitrogens with one attached hydrogen (secondary N) is 1. The van der Waals surface area contributed by atoms with E-state index < -0.39 is 44.0 Å². The van der Waals surface area contributed by atoms with Gasteiger partial charge >= 0.3 is 6.18 Å². The minimum absolute atomic E-state index is 0.298. The van der Waals surface area contributed by atoms with Crippen LogP contribution in [0.15, 0.2) is 53.4 Å². The highest BCUT2D eigenvalue weighted by Crippen LogP contribution is 2.33. The molecule has 0 saturated heterocycles. The number of nitriles is 1. The molecule has 2 aromatic carbocycles. The first-order chi connectivity index (χ1) is 12.6. The monoisotopic (exact) mass is 396 g/mol. The Labute approximate surface area is 154 Å². The highest BCUT2D eigenvalue weighted by Gasteiger charge is 2.35. The molecule has 1 unspecified atom stereocenters. The van der Waals surface area contributed by atoms with Crippen LogP contribution in [0.3, 0.4) is 0 Å². The lowest BCUT2D eigenvalue weighted by molar-refractivity contribution is -0.137. The minimum atomic E-state index is -4.91. The first-order valence-corrected chi connectivity index (χ1v) is 9.31. The Morgan fingerprint density at radius 1 is 1.19 bits per heavy atom. The van der Waals surface area contributed by atoms with Crippen LogP contribution in [0.4, 0.5) is 13.2 Å². The number of nitrogens with zero attached hydrogens (tertiary/aromatic N) is 1. The first kappa shape index (κ1) is 20.5. The van der Waals surface area contributed by atoms with Crippen LogP contribution >= 0.6 is 0 Å². The second-order valence-corrected chi connectivity index (χ2v) is 7.34. The molecule has 0 bridgehead atoms. The summed E-state index contributed by atoms with van der Waals surface area (Å²) in [6.07, 6.45) is -4.61. The Morgan fingerprint density at radius 2 is 1.81 bits per heavy atom. The highest BCUT2D eigenvalue weighted by molar-refractivity contribution is 7.90. The number of rotatable bonds is 5. The lowest BCUT2D eigenvalue weighted by Gasteiger charge is -2.16. The van der Waals surface area contributed by atoms with Crippen molar-refractivity contribution in [1.29, 1.82) is 5.26 Å². The molecular formula is C18H15F3N2O3S. The molecule has 1 amide bonds. The number of halogens is 3. The zero-order valence-electron chi connectivity index (χ0n) is 14.1. The molecule has 9 heteroatoms. The lowest BCUT2D eigenvalue weighted by atomic mass is 9.96. The van der Waals surface area contributed by atoms with Crippen LogP contribution in [-0.2, 0) is 21.0 Å². The molecule has 0 aliphatic heterocycles. The summed E-state index contributed by atoms with van der Waals surface area (Å²) in [7, 11) is -4.54. The third kappa shape index (κ3) is 4.65. The summed E-state index contributed by atoms with van der Waals surface area (Å²) < 4.78 is 65.7. The second kappa shape index (κ2) is 7.80. The van der Waals surface area contributed by atoms with Gasteiger partial charge in [-0.1, -0.05) is 37.3 Å². The summed E-state index contributed by atoms with van der Waals surface area (Å²) >= 11 is 0. The maximum absolute atomic E-state index is 13.0. The Morgan fingerprint density at radius 3 is 2.33 bits per heavy atom. The normalized spacial score (nSPS) is 12.9. The van der Waals surface area contributed by atoms with Crippen LogP contribution in [0.5, 0.6) is 0 Å². The largest absolute Gasteiger partial charge is 0.417 e. The maximum atomic E-state index is 13.0. The van der Waals surface area contributed by atoms with Crippen LogP contribution in [0.1, 0.15) is 36.0 Å². The van der Waals surface area contributed by atoms with E-state index in [4.69, 9.17) is 5.26 Å². The number of benzene rings is 2. The Bertz CT molecular complexity index is 981. The van der Waals surface area contributed by atoms with Crippen molar-refractivity contribution in [2.24, 2.45) is 0 Å². The van der Waals surface area contributed by atoms with Gasteiger partial charge in [-0.2, -0.15) is 18.4 Å². The van der Waals surface area contributed by atoms with Crippen molar-refractivity contribution in [3.63, 3.8) is 0 Å². The van der Waals surface area contributed by atoms with E-state index in [9.17, 15) is 26.4 Å². The van der Waals surface area contributed by atoms with Gasteiger partial charge in [0, 0.05) is 0 Å². The molecule has 5 nitrogen and oxygen atoms in total. The standard InChI is InChI=1S/C18H15F3N2O3S/c1-2-15(12-6-4-3-5-7-12)17(24)23-27(25,26)14-9-8-13(11-22)16(10-14)18(19,20)21/h3-10,15H,2H2,1H3,(H,23,24). The topological polar surface area (TPSA) is 87.0 Å². The third-order valence-electron chi connectivity index (χ3n) is 3.89. The molecule has 27 heavy (non-hydrogen) atoms. The van der Waals surface area contributed by atoms with E-state index in [0.717, 1.165) is 12.1 Å². The Hall–Kier alpha value is -2.86. The van der Waals surface area contributed by atoms with E-state index in [-0.39, 0.29) is 0 Å². The smallest absolute Gasteiger partial charge is 0.273 e. The molecular weight excluding hydrogens is 381 g/mol. The fourth-order valence-electron chi connectivity index (χ4n) is 2.54. The van der Waals surface area contributed by atoms with Crippen molar-refractivity contribution in [3.8, 4) is 6.07 Å². The van der Waals surface area contributed by atoms with E-state index in [2.05, 4.69) is 0 Å². The number of carbonyl (C=O) groups excluding carboxylic acids is 1. The van der Waals surface area contributed by atoms with Crippen molar-refractivity contribution in [1.82, 2.24) is 4.72 Å². The van der Waals surface area contributed by atoms with Crippen molar-refractivity contribution in [3.05, 3.63) is 65.2 Å². The van der Waals surface area contributed by atoms with Crippen LogP contribution in [-0.4, -0.2) is 14.3 Å². The summed E-state index contributed by atoms with van der Waals surface area (Å²) in [5.74, 6) is -1.62. The molecule has 1 N–H and O–H groups in total. The number of sulfonamides is 1. The fraction of sp³-hybridized carbons (Fsp3) is 0.222. The molecule has 0 fully saturated rings. The molecule has 0 heterocycles. The van der Waals surface area contributed by atoms with Gasteiger partial charge in [0.05, 0.1) is 28.0 Å². The number of hydrogen-bond donors (Lipinski definition) is 1. The quantitative estimate of drug-likeness (QED) is 0.837. The summed E-state index contributed by atoms with van der Waals surface area (Å²) in [5.41, 5.74) is -1.50. The van der Waals surface area contributed by atoms with E-state index in [1.54, 1.807) is 37.3 Å². The lowest BCUT2D eigenvalue weighted by Crippen LogP contribution is -2.34. The fourth-order valence-corrected chi connectivity index (χ4v) is 3.59. The Kier molecular flexibility index (Phi) is 5.91. The molecule has 2 aromatic rings. The van der Waals surface area contributed by atoms with Crippen LogP contribution < -0.4 is 4.72 Å².